The number of hydrogen-bond acceptors (Lipinski definition) is 3. The van der Waals surface area contributed by atoms with Gasteiger partial charge < -0.3 is 4.74 Å². The SMILES string of the molecule is COc1cccc(C2Sc3ccccc3C(=O)N2c2ccccc2)c1. The molecule has 0 aromatic heterocycles. The van der Waals surface area contributed by atoms with E-state index in [0.29, 0.717) is 0 Å². The van der Waals surface area contributed by atoms with E-state index in [1.165, 1.54) is 0 Å². The maximum atomic E-state index is 13.2. The highest BCUT2D eigenvalue weighted by molar-refractivity contribution is 7.99. The van der Waals surface area contributed by atoms with E-state index < -0.39 is 0 Å². The van der Waals surface area contributed by atoms with Crippen LogP contribution in [0.1, 0.15) is 21.3 Å². The van der Waals surface area contributed by atoms with Gasteiger partial charge in [0.25, 0.3) is 5.91 Å². The molecular weight excluding hydrogens is 330 g/mol. The van der Waals surface area contributed by atoms with Gasteiger partial charge in [0, 0.05) is 10.6 Å². The van der Waals surface area contributed by atoms with Gasteiger partial charge in [0.15, 0.2) is 0 Å². The maximum Gasteiger partial charge on any atom is 0.260 e. The standard InChI is InChI=1S/C21H17NO2S/c1-24-17-11-7-8-15(14-17)21-22(16-9-3-2-4-10-16)20(23)18-12-5-6-13-19(18)25-21/h2-14,21H,1H3. The molecule has 1 aliphatic heterocycles. The zero-order chi connectivity index (χ0) is 17.2. The Hall–Kier alpha value is -2.72. The second-order valence-corrected chi connectivity index (χ2v) is 6.88. The second kappa shape index (κ2) is 6.65. The summed E-state index contributed by atoms with van der Waals surface area (Å²) >= 11 is 1.69. The Bertz CT molecular complexity index is 911. The van der Waals surface area contributed by atoms with E-state index in [0.717, 1.165) is 27.5 Å². The van der Waals surface area contributed by atoms with Crippen LogP contribution in [0.2, 0.25) is 0 Å². The highest BCUT2D eigenvalue weighted by atomic mass is 32.2. The predicted octanol–water partition coefficient (Wildman–Crippen LogP) is 5.15. The van der Waals surface area contributed by atoms with Crippen molar-refractivity contribution in [3.05, 3.63) is 90.0 Å². The van der Waals surface area contributed by atoms with Crippen LogP contribution in [0.5, 0.6) is 5.75 Å². The summed E-state index contributed by atoms with van der Waals surface area (Å²) in [5.41, 5.74) is 2.67. The Kier molecular flexibility index (Phi) is 4.20. The van der Waals surface area contributed by atoms with Crippen LogP contribution in [0.15, 0.2) is 83.8 Å². The minimum Gasteiger partial charge on any atom is -0.497 e. The topological polar surface area (TPSA) is 29.5 Å². The smallest absolute Gasteiger partial charge is 0.260 e. The molecule has 4 rings (SSSR count). The van der Waals surface area contributed by atoms with Crippen LogP contribution in [0.25, 0.3) is 0 Å². The fourth-order valence-electron chi connectivity index (χ4n) is 3.01. The number of ether oxygens (including phenoxy) is 1. The molecule has 1 unspecified atom stereocenters. The molecule has 0 saturated carbocycles. The number of anilines is 1. The summed E-state index contributed by atoms with van der Waals surface area (Å²) < 4.78 is 5.37. The number of rotatable bonds is 3. The molecule has 0 spiro atoms. The molecule has 3 aromatic carbocycles. The Balaban J connectivity index is 1.86. The van der Waals surface area contributed by atoms with Crippen LogP contribution >= 0.6 is 11.8 Å². The van der Waals surface area contributed by atoms with Crippen LogP contribution in [0, 0.1) is 0 Å². The lowest BCUT2D eigenvalue weighted by Crippen LogP contribution is -2.36. The summed E-state index contributed by atoms with van der Waals surface area (Å²) in [6, 6.07) is 25.5. The van der Waals surface area contributed by atoms with Crippen LogP contribution in [0.3, 0.4) is 0 Å². The minimum atomic E-state index is -0.139. The molecule has 1 atom stereocenters. The van der Waals surface area contributed by atoms with Crippen molar-refractivity contribution < 1.29 is 9.53 Å². The van der Waals surface area contributed by atoms with Gasteiger partial charge in [-0.25, -0.2) is 0 Å². The van der Waals surface area contributed by atoms with E-state index in [1.54, 1.807) is 18.9 Å². The van der Waals surface area contributed by atoms with Crippen molar-refractivity contribution >= 4 is 23.4 Å². The van der Waals surface area contributed by atoms with Crippen molar-refractivity contribution in [1.82, 2.24) is 0 Å². The number of carbonyl (C=O) groups is 1. The van der Waals surface area contributed by atoms with Gasteiger partial charge >= 0.3 is 0 Å². The number of thioether (sulfide) groups is 1. The Morgan fingerprint density at radius 1 is 0.920 bits per heavy atom. The predicted molar refractivity (Wildman–Crippen MR) is 101 cm³/mol. The molecule has 25 heavy (non-hydrogen) atoms. The average Bonchev–Trinajstić information content (AvgIpc) is 2.68. The molecule has 0 radical (unpaired) electrons. The van der Waals surface area contributed by atoms with Gasteiger partial charge in [-0.2, -0.15) is 0 Å². The van der Waals surface area contributed by atoms with Crippen molar-refractivity contribution in [3.63, 3.8) is 0 Å². The highest BCUT2D eigenvalue weighted by Gasteiger charge is 2.35. The van der Waals surface area contributed by atoms with Crippen LogP contribution in [0.4, 0.5) is 5.69 Å². The van der Waals surface area contributed by atoms with E-state index >= 15 is 0 Å². The fraction of sp³-hybridized carbons (Fsp3) is 0.0952. The molecule has 1 amide bonds. The zero-order valence-corrected chi connectivity index (χ0v) is 14.6. The summed E-state index contributed by atoms with van der Waals surface area (Å²) in [5, 5.41) is -0.139. The number of benzene rings is 3. The zero-order valence-electron chi connectivity index (χ0n) is 13.8. The van der Waals surface area contributed by atoms with Gasteiger partial charge in [0.1, 0.15) is 11.1 Å². The van der Waals surface area contributed by atoms with Crippen molar-refractivity contribution in [3.8, 4) is 5.75 Å². The molecule has 0 N–H and O–H groups in total. The Morgan fingerprint density at radius 3 is 2.48 bits per heavy atom. The van der Waals surface area contributed by atoms with E-state index in [1.807, 2.05) is 83.8 Å². The molecule has 1 heterocycles. The van der Waals surface area contributed by atoms with E-state index in [9.17, 15) is 4.79 Å². The summed E-state index contributed by atoms with van der Waals surface area (Å²) in [6.07, 6.45) is 0. The third kappa shape index (κ3) is 2.89. The Labute approximate surface area is 151 Å². The third-order valence-corrected chi connectivity index (χ3v) is 5.54. The second-order valence-electron chi connectivity index (χ2n) is 5.75. The largest absolute Gasteiger partial charge is 0.497 e. The third-order valence-electron chi connectivity index (χ3n) is 4.22. The first-order valence-corrected chi connectivity index (χ1v) is 8.94. The molecule has 0 saturated heterocycles. The van der Waals surface area contributed by atoms with Crippen molar-refractivity contribution in [2.24, 2.45) is 0 Å². The summed E-state index contributed by atoms with van der Waals surface area (Å²) in [6.45, 7) is 0. The molecule has 0 bridgehead atoms. The summed E-state index contributed by atoms with van der Waals surface area (Å²) in [7, 11) is 1.66. The molecule has 1 aliphatic rings. The van der Waals surface area contributed by atoms with Gasteiger partial charge in [0.05, 0.1) is 12.7 Å². The fourth-order valence-corrected chi connectivity index (χ4v) is 4.29. The molecule has 3 aromatic rings. The Morgan fingerprint density at radius 2 is 1.68 bits per heavy atom. The van der Waals surface area contributed by atoms with Gasteiger partial charge in [-0.15, -0.1) is 0 Å². The van der Waals surface area contributed by atoms with E-state index in [-0.39, 0.29) is 11.3 Å². The number of fused-ring (bicyclic) bond motifs is 1. The number of amides is 1. The number of methoxy groups -OCH3 is 1. The lowest BCUT2D eigenvalue weighted by Gasteiger charge is -2.36. The highest BCUT2D eigenvalue weighted by Crippen LogP contribution is 2.47. The molecule has 0 fully saturated rings. The molecule has 0 aliphatic carbocycles. The monoisotopic (exact) mass is 347 g/mol. The van der Waals surface area contributed by atoms with Gasteiger partial charge in [-0.05, 0) is 42.0 Å². The van der Waals surface area contributed by atoms with Gasteiger partial charge in [0.2, 0.25) is 0 Å². The number of para-hydroxylation sites is 1. The van der Waals surface area contributed by atoms with Crippen molar-refractivity contribution in [2.75, 3.05) is 12.0 Å². The first-order chi connectivity index (χ1) is 12.3. The molecular formula is C21H17NO2S. The van der Waals surface area contributed by atoms with E-state index in [4.69, 9.17) is 4.74 Å². The van der Waals surface area contributed by atoms with Gasteiger partial charge in [-0.3, -0.25) is 9.69 Å². The average molecular weight is 347 g/mol. The van der Waals surface area contributed by atoms with Crippen LogP contribution in [-0.2, 0) is 0 Å². The van der Waals surface area contributed by atoms with Crippen molar-refractivity contribution in [2.45, 2.75) is 10.3 Å². The summed E-state index contributed by atoms with van der Waals surface area (Å²) in [5.74, 6) is 0.811. The number of nitrogens with zero attached hydrogens (tertiary/aromatic N) is 1. The first-order valence-electron chi connectivity index (χ1n) is 8.06. The quantitative estimate of drug-likeness (QED) is 0.656. The van der Waals surface area contributed by atoms with Crippen molar-refractivity contribution in [1.29, 1.82) is 0 Å². The number of hydrogen-bond donors (Lipinski definition) is 0. The lowest BCUT2D eigenvalue weighted by molar-refractivity contribution is 0.0979. The van der Waals surface area contributed by atoms with Crippen LogP contribution < -0.4 is 9.64 Å². The van der Waals surface area contributed by atoms with Gasteiger partial charge in [-0.1, -0.05) is 54.2 Å². The van der Waals surface area contributed by atoms with E-state index in [2.05, 4.69) is 0 Å². The first kappa shape index (κ1) is 15.8. The number of carbonyl (C=O) groups excluding carboxylic acids is 1. The minimum absolute atomic E-state index is 0.0216. The lowest BCUT2D eigenvalue weighted by atomic mass is 10.1. The summed E-state index contributed by atoms with van der Waals surface area (Å²) in [4.78, 5) is 16.1. The maximum absolute atomic E-state index is 13.2. The van der Waals surface area contributed by atoms with Crippen LogP contribution in [-0.4, -0.2) is 13.0 Å². The molecule has 3 nitrogen and oxygen atoms in total. The normalized spacial score (nSPS) is 16.4. The molecule has 124 valence electrons. The molecule has 4 heteroatoms.